The van der Waals surface area contributed by atoms with Crippen LogP contribution in [0.4, 0.5) is 0 Å². The van der Waals surface area contributed by atoms with Crippen LogP contribution in [0.5, 0.6) is 0 Å². The highest BCUT2D eigenvalue weighted by atomic mass is 14.9. The van der Waals surface area contributed by atoms with Gasteiger partial charge < -0.3 is 0 Å². The second-order valence-electron chi connectivity index (χ2n) is 1.38. The zero-order chi connectivity index (χ0) is 5.82. The van der Waals surface area contributed by atoms with Gasteiger partial charge in [0.15, 0.2) is 5.26 Å². The van der Waals surface area contributed by atoms with Gasteiger partial charge in [0.2, 0.25) is 0 Å². The summed E-state index contributed by atoms with van der Waals surface area (Å²) in [4.78, 5) is 0. The molecule has 38 valence electrons. The van der Waals surface area contributed by atoms with Crippen molar-refractivity contribution in [2.75, 3.05) is 0 Å². The Hall–Kier alpha value is -1.36. The van der Waals surface area contributed by atoms with Crippen molar-refractivity contribution in [2.24, 2.45) is 0 Å². The van der Waals surface area contributed by atoms with Gasteiger partial charge in [-0.2, -0.15) is 0 Å². The highest BCUT2D eigenvalue weighted by molar-refractivity contribution is 4.84. The lowest BCUT2D eigenvalue weighted by atomic mass is 10.5. The molecule has 0 spiro atoms. The van der Waals surface area contributed by atoms with E-state index in [2.05, 4.69) is 0 Å². The van der Waals surface area contributed by atoms with Crippen molar-refractivity contribution in [1.29, 1.82) is 5.26 Å². The highest BCUT2D eigenvalue weighted by Crippen LogP contribution is 1.72. The summed E-state index contributed by atoms with van der Waals surface area (Å²) in [5.74, 6) is 0. The molecule has 0 aliphatic rings. The first-order chi connectivity index (χ1) is 3.93. The summed E-state index contributed by atoms with van der Waals surface area (Å²) < 4.78 is 1.43. The van der Waals surface area contributed by atoms with Gasteiger partial charge in [-0.05, 0) is 12.1 Å². The molecule has 8 heavy (non-hydrogen) atoms. The summed E-state index contributed by atoms with van der Waals surface area (Å²) in [5.41, 5.74) is 0. The first kappa shape index (κ1) is 4.79. The van der Waals surface area contributed by atoms with Gasteiger partial charge in [0.1, 0.15) is 12.4 Å². The molecule has 1 aromatic rings. The van der Waals surface area contributed by atoms with Crippen LogP contribution in [-0.4, -0.2) is 0 Å². The number of pyridine rings is 1. The van der Waals surface area contributed by atoms with Crippen LogP contribution in [0.25, 0.3) is 0 Å². The van der Waals surface area contributed by atoms with Crippen LogP contribution in [0.1, 0.15) is 0 Å². The van der Waals surface area contributed by atoms with Crippen molar-refractivity contribution < 1.29 is 4.57 Å². The normalized spacial score (nSPS) is 7.88. The second-order valence-corrected chi connectivity index (χ2v) is 1.38. The van der Waals surface area contributed by atoms with E-state index in [-0.39, 0.29) is 0 Å². The lowest BCUT2D eigenvalue weighted by Crippen LogP contribution is -2.25. The monoisotopic (exact) mass is 105 g/mol. The molecule has 1 rings (SSSR count). The maximum Gasteiger partial charge on any atom is 0.463 e. The van der Waals surface area contributed by atoms with E-state index in [0.717, 1.165) is 0 Å². The lowest BCUT2D eigenvalue weighted by molar-refractivity contribution is -0.586. The SMILES string of the molecule is N#C[n+]1ccccc1. The Morgan fingerprint density at radius 2 is 1.75 bits per heavy atom. The van der Waals surface area contributed by atoms with Gasteiger partial charge in [0.25, 0.3) is 0 Å². The van der Waals surface area contributed by atoms with Crippen LogP contribution in [-0.2, 0) is 0 Å². The molecule has 2 heteroatoms. The largest absolute Gasteiger partial charge is 0.463 e. The third-order valence-corrected chi connectivity index (χ3v) is 0.831. The molecule has 0 radical (unpaired) electrons. The molecule has 0 aliphatic carbocycles. The Labute approximate surface area is 47.6 Å². The van der Waals surface area contributed by atoms with Crippen LogP contribution in [0.3, 0.4) is 0 Å². The quantitative estimate of drug-likeness (QED) is 0.436. The minimum absolute atomic E-state index is 1.43. The van der Waals surface area contributed by atoms with E-state index in [4.69, 9.17) is 5.26 Å². The van der Waals surface area contributed by atoms with E-state index in [1.807, 2.05) is 24.4 Å². The summed E-state index contributed by atoms with van der Waals surface area (Å²) in [6.45, 7) is 0. The van der Waals surface area contributed by atoms with Crippen LogP contribution in [0, 0.1) is 11.5 Å². The van der Waals surface area contributed by atoms with Crippen molar-refractivity contribution in [3.8, 4) is 6.19 Å². The maximum absolute atomic E-state index is 8.25. The lowest BCUT2D eigenvalue weighted by Gasteiger charge is -1.76. The van der Waals surface area contributed by atoms with Gasteiger partial charge in [-0.3, -0.25) is 0 Å². The fraction of sp³-hybridized carbons (Fsp3) is 0. The Morgan fingerprint density at radius 3 is 2.12 bits per heavy atom. The summed E-state index contributed by atoms with van der Waals surface area (Å²) >= 11 is 0. The van der Waals surface area contributed by atoms with Crippen LogP contribution in [0.2, 0.25) is 0 Å². The fourth-order valence-electron chi connectivity index (χ4n) is 0.465. The van der Waals surface area contributed by atoms with E-state index >= 15 is 0 Å². The third kappa shape index (κ3) is 0.824. The molecule has 0 fully saturated rings. The third-order valence-electron chi connectivity index (χ3n) is 0.831. The summed E-state index contributed by atoms with van der Waals surface area (Å²) in [6, 6.07) is 5.49. The van der Waals surface area contributed by atoms with Gasteiger partial charge in [0, 0.05) is 0 Å². The molecule has 0 aromatic carbocycles. The van der Waals surface area contributed by atoms with E-state index in [1.165, 1.54) is 4.57 Å². The van der Waals surface area contributed by atoms with Crippen LogP contribution < -0.4 is 4.57 Å². The molecular formula is C6H5N2+. The molecule has 0 bridgehead atoms. The van der Waals surface area contributed by atoms with Crippen molar-refractivity contribution in [3.63, 3.8) is 0 Å². The molecule has 2 nitrogen and oxygen atoms in total. The molecule has 0 unspecified atom stereocenters. The fourth-order valence-corrected chi connectivity index (χ4v) is 0.465. The number of aromatic nitrogens is 1. The predicted molar refractivity (Wildman–Crippen MR) is 27.6 cm³/mol. The first-order valence-corrected chi connectivity index (χ1v) is 2.30. The predicted octanol–water partition coefficient (Wildman–Crippen LogP) is 0.303. The van der Waals surface area contributed by atoms with Gasteiger partial charge in [-0.15, -0.1) is 4.57 Å². The molecule has 0 atom stereocenters. The zero-order valence-electron chi connectivity index (χ0n) is 4.28. The van der Waals surface area contributed by atoms with E-state index < -0.39 is 0 Å². The smallest absolute Gasteiger partial charge is 0.149 e. The number of nitrogens with zero attached hydrogens (tertiary/aromatic N) is 2. The zero-order valence-corrected chi connectivity index (χ0v) is 4.28. The average Bonchev–Trinajstić information content (AvgIpc) is 1.90. The Bertz CT molecular complexity index is 198. The molecule has 0 aliphatic heterocycles. The van der Waals surface area contributed by atoms with Crippen molar-refractivity contribution in [3.05, 3.63) is 30.6 Å². The van der Waals surface area contributed by atoms with Gasteiger partial charge >= 0.3 is 6.19 Å². The van der Waals surface area contributed by atoms with E-state index in [1.54, 1.807) is 12.4 Å². The van der Waals surface area contributed by atoms with E-state index in [9.17, 15) is 0 Å². The Kier molecular flexibility index (Phi) is 1.25. The van der Waals surface area contributed by atoms with Gasteiger partial charge in [0.05, 0.1) is 0 Å². The molecule has 0 saturated carbocycles. The minimum Gasteiger partial charge on any atom is -0.149 e. The second kappa shape index (κ2) is 2.08. The van der Waals surface area contributed by atoms with Crippen molar-refractivity contribution in [2.45, 2.75) is 0 Å². The van der Waals surface area contributed by atoms with Crippen LogP contribution in [0.15, 0.2) is 30.6 Å². The Morgan fingerprint density at radius 1 is 1.12 bits per heavy atom. The minimum atomic E-state index is 1.43. The molecule has 0 N–H and O–H groups in total. The number of hydrogen-bond donors (Lipinski definition) is 0. The topological polar surface area (TPSA) is 27.7 Å². The highest BCUT2D eigenvalue weighted by Gasteiger charge is 1.85. The van der Waals surface area contributed by atoms with Gasteiger partial charge in [-0.25, -0.2) is 0 Å². The summed E-state index contributed by atoms with van der Waals surface area (Å²) in [6.07, 6.45) is 5.33. The number of nitriles is 1. The average molecular weight is 105 g/mol. The molecule has 1 aromatic heterocycles. The maximum atomic E-state index is 8.25. The van der Waals surface area contributed by atoms with Crippen molar-refractivity contribution >= 4 is 0 Å². The van der Waals surface area contributed by atoms with Crippen LogP contribution >= 0.6 is 0 Å². The Balaban J connectivity index is 3.05. The molecule has 0 amide bonds. The summed E-state index contributed by atoms with van der Waals surface area (Å²) in [7, 11) is 0. The van der Waals surface area contributed by atoms with Crippen molar-refractivity contribution in [1.82, 2.24) is 0 Å². The first-order valence-electron chi connectivity index (χ1n) is 2.30. The molecule has 0 saturated heterocycles. The van der Waals surface area contributed by atoms with Gasteiger partial charge in [-0.1, -0.05) is 6.07 Å². The molecule has 1 heterocycles. The number of hydrogen-bond acceptors (Lipinski definition) is 1. The molecular weight excluding hydrogens is 100 g/mol. The summed E-state index contributed by atoms with van der Waals surface area (Å²) in [5, 5.41) is 8.25. The van der Waals surface area contributed by atoms with E-state index in [0.29, 0.717) is 0 Å². The number of rotatable bonds is 0. The standard InChI is InChI=1S/C6H5N2/c7-6-8-4-2-1-3-5-8/h1-5H/q+1.